The molecule has 4 nitrogen and oxygen atoms in total. The first-order valence-corrected chi connectivity index (χ1v) is 6.83. The molecule has 1 aromatic rings. The molecule has 100 valence electrons. The van der Waals surface area contributed by atoms with Crippen LogP contribution in [0.15, 0.2) is 29.3 Å². The topological polar surface area (TPSA) is 74.2 Å². The van der Waals surface area contributed by atoms with Crippen LogP contribution in [0.5, 0.6) is 0 Å². The van der Waals surface area contributed by atoms with Crippen molar-refractivity contribution in [3.05, 3.63) is 35.4 Å². The second-order valence-electron chi connectivity index (χ2n) is 4.99. The zero-order valence-electron chi connectivity index (χ0n) is 11.1. The maximum Gasteiger partial charge on any atom is 0.189 e. The van der Waals surface area contributed by atoms with Crippen molar-refractivity contribution in [2.24, 2.45) is 10.7 Å². The summed E-state index contributed by atoms with van der Waals surface area (Å²) in [4.78, 5) is 4.34. The molecule has 0 aliphatic heterocycles. The number of benzene rings is 1. The van der Waals surface area contributed by atoms with Crippen LogP contribution in [0.25, 0.3) is 0 Å². The average Bonchev–Trinajstić information content (AvgIpc) is 2.47. The van der Waals surface area contributed by atoms with Crippen molar-refractivity contribution in [2.75, 3.05) is 0 Å². The summed E-state index contributed by atoms with van der Waals surface area (Å²) in [6.07, 6.45) is 6.27. The third-order valence-corrected chi connectivity index (χ3v) is 3.47. The van der Waals surface area contributed by atoms with E-state index in [4.69, 9.17) is 11.0 Å². The van der Waals surface area contributed by atoms with Gasteiger partial charge in [0.2, 0.25) is 0 Å². The van der Waals surface area contributed by atoms with E-state index >= 15 is 0 Å². The summed E-state index contributed by atoms with van der Waals surface area (Å²) in [6.45, 7) is 0.553. The Bertz CT molecular complexity index is 464. The summed E-state index contributed by atoms with van der Waals surface area (Å²) in [6, 6.07) is 10.0. The van der Waals surface area contributed by atoms with E-state index in [2.05, 4.69) is 16.4 Å². The number of rotatable bonds is 3. The van der Waals surface area contributed by atoms with Gasteiger partial charge in [-0.2, -0.15) is 5.26 Å². The Morgan fingerprint density at radius 1 is 1.26 bits per heavy atom. The standard InChI is InChI=1S/C15H20N4/c16-10-12-6-8-13(9-7-12)11-18-15(17)19-14-4-2-1-3-5-14/h6-9,14H,1-5,11H2,(H3,17,18,19). The number of nitrogens with zero attached hydrogens (tertiary/aromatic N) is 2. The number of guanidine groups is 1. The van der Waals surface area contributed by atoms with Crippen molar-refractivity contribution in [3.8, 4) is 6.07 Å². The summed E-state index contributed by atoms with van der Waals surface area (Å²) in [7, 11) is 0. The maximum absolute atomic E-state index is 8.72. The van der Waals surface area contributed by atoms with Crippen LogP contribution in [-0.4, -0.2) is 12.0 Å². The lowest BCUT2D eigenvalue weighted by atomic mass is 9.96. The quantitative estimate of drug-likeness (QED) is 0.643. The van der Waals surface area contributed by atoms with E-state index in [0.29, 0.717) is 24.1 Å². The van der Waals surface area contributed by atoms with Crippen LogP contribution in [-0.2, 0) is 6.54 Å². The first kappa shape index (κ1) is 13.4. The Morgan fingerprint density at radius 3 is 2.58 bits per heavy atom. The molecule has 0 unspecified atom stereocenters. The first-order chi connectivity index (χ1) is 9.28. The molecule has 0 bridgehead atoms. The molecule has 0 aromatic heterocycles. The number of hydrogen-bond donors (Lipinski definition) is 2. The van der Waals surface area contributed by atoms with Crippen LogP contribution in [0, 0.1) is 11.3 Å². The zero-order chi connectivity index (χ0) is 13.5. The number of nitrogens with one attached hydrogen (secondary N) is 1. The van der Waals surface area contributed by atoms with Gasteiger partial charge in [0, 0.05) is 6.04 Å². The van der Waals surface area contributed by atoms with Gasteiger partial charge in [-0.1, -0.05) is 31.4 Å². The first-order valence-electron chi connectivity index (χ1n) is 6.83. The van der Waals surface area contributed by atoms with Gasteiger partial charge in [-0.25, -0.2) is 4.99 Å². The van der Waals surface area contributed by atoms with Gasteiger partial charge in [0.15, 0.2) is 5.96 Å². The number of nitrogens with two attached hydrogens (primary N) is 1. The molecule has 4 heteroatoms. The molecule has 1 aliphatic rings. The minimum Gasteiger partial charge on any atom is -0.370 e. The molecule has 1 aromatic carbocycles. The van der Waals surface area contributed by atoms with Gasteiger partial charge < -0.3 is 11.1 Å². The lowest BCUT2D eigenvalue weighted by molar-refractivity contribution is 0.412. The third kappa shape index (κ3) is 4.29. The lowest BCUT2D eigenvalue weighted by Crippen LogP contribution is -2.41. The van der Waals surface area contributed by atoms with Crippen molar-refractivity contribution in [1.29, 1.82) is 5.26 Å². The highest BCUT2D eigenvalue weighted by Crippen LogP contribution is 2.17. The van der Waals surface area contributed by atoms with E-state index in [1.54, 1.807) is 12.1 Å². The Hall–Kier alpha value is -2.02. The predicted octanol–water partition coefficient (Wildman–Crippen LogP) is 2.30. The third-order valence-electron chi connectivity index (χ3n) is 3.47. The maximum atomic E-state index is 8.72. The summed E-state index contributed by atoms with van der Waals surface area (Å²) < 4.78 is 0. The number of hydrogen-bond acceptors (Lipinski definition) is 2. The molecular formula is C15H20N4. The van der Waals surface area contributed by atoms with Crippen LogP contribution in [0.1, 0.15) is 43.2 Å². The van der Waals surface area contributed by atoms with Crippen LogP contribution in [0.2, 0.25) is 0 Å². The fraction of sp³-hybridized carbons (Fsp3) is 0.467. The van der Waals surface area contributed by atoms with E-state index in [9.17, 15) is 0 Å². The Balaban J connectivity index is 1.84. The molecule has 19 heavy (non-hydrogen) atoms. The minimum atomic E-state index is 0.485. The van der Waals surface area contributed by atoms with Crippen LogP contribution < -0.4 is 11.1 Å². The van der Waals surface area contributed by atoms with E-state index in [1.165, 1.54) is 32.1 Å². The summed E-state index contributed by atoms with van der Waals surface area (Å²) >= 11 is 0. The molecule has 1 saturated carbocycles. The largest absolute Gasteiger partial charge is 0.370 e. The molecule has 0 heterocycles. The van der Waals surface area contributed by atoms with Crippen LogP contribution in [0.4, 0.5) is 0 Å². The minimum absolute atomic E-state index is 0.485. The van der Waals surface area contributed by atoms with Crippen molar-refractivity contribution < 1.29 is 0 Å². The molecule has 0 radical (unpaired) electrons. The molecule has 0 amide bonds. The number of aliphatic imine (C=N–C) groups is 1. The molecule has 2 rings (SSSR count). The molecule has 0 atom stereocenters. The lowest BCUT2D eigenvalue weighted by Gasteiger charge is -2.23. The normalized spacial score (nSPS) is 16.9. The molecule has 0 spiro atoms. The highest BCUT2D eigenvalue weighted by Gasteiger charge is 2.13. The zero-order valence-corrected chi connectivity index (χ0v) is 11.1. The van der Waals surface area contributed by atoms with Gasteiger partial charge in [-0.05, 0) is 30.5 Å². The van der Waals surface area contributed by atoms with Gasteiger partial charge in [0.25, 0.3) is 0 Å². The Kier molecular flexibility index (Phi) is 4.79. The predicted molar refractivity (Wildman–Crippen MR) is 76.5 cm³/mol. The van der Waals surface area contributed by atoms with Gasteiger partial charge >= 0.3 is 0 Å². The Labute approximate surface area is 114 Å². The number of nitriles is 1. The Morgan fingerprint density at radius 2 is 1.95 bits per heavy atom. The van der Waals surface area contributed by atoms with Crippen LogP contribution >= 0.6 is 0 Å². The van der Waals surface area contributed by atoms with Crippen molar-refractivity contribution in [2.45, 2.75) is 44.7 Å². The van der Waals surface area contributed by atoms with E-state index in [1.807, 2.05) is 12.1 Å². The highest BCUT2D eigenvalue weighted by molar-refractivity contribution is 5.78. The van der Waals surface area contributed by atoms with Gasteiger partial charge in [0.1, 0.15) is 0 Å². The van der Waals surface area contributed by atoms with Crippen molar-refractivity contribution >= 4 is 5.96 Å². The summed E-state index contributed by atoms with van der Waals surface area (Å²) in [5, 5.41) is 12.0. The molecule has 3 N–H and O–H groups in total. The second-order valence-corrected chi connectivity index (χ2v) is 4.99. The van der Waals surface area contributed by atoms with E-state index < -0.39 is 0 Å². The second kappa shape index (κ2) is 6.79. The van der Waals surface area contributed by atoms with Gasteiger partial charge in [-0.15, -0.1) is 0 Å². The van der Waals surface area contributed by atoms with Gasteiger partial charge in [0.05, 0.1) is 18.2 Å². The highest BCUT2D eigenvalue weighted by atomic mass is 15.1. The molecular weight excluding hydrogens is 236 g/mol. The smallest absolute Gasteiger partial charge is 0.189 e. The summed E-state index contributed by atoms with van der Waals surface area (Å²) in [5.74, 6) is 0.524. The fourth-order valence-corrected chi connectivity index (χ4v) is 2.36. The van der Waals surface area contributed by atoms with Crippen molar-refractivity contribution in [3.63, 3.8) is 0 Å². The van der Waals surface area contributed by atoms with Crippen LogP contribution in [0.3, 0.4) is 0 Å². The fourth-order valence-electron chi connectivity index (χ4n) is 2.36. The molecule has 1 aliphatic carbocycles. The average molecular weight is 256 g/mol. The molecule has 0 saturated heterocycles. The SMILES string of the molecule is N#Cc1ccc(CN=C(N)NC2CCCCC2)cc1. The van der Waals surface area contributed by atoms with E-state index in [-0.39, 0.29) is 0 Å². The molecule has 1 fully saturated rings. The summed E-state index contributed by atoms with van der Waals surface area (Å²) in [5.41, 5.74) is 7.63. The van der Waals surface area contributed by atoms with Gasteiger partial charge in [-0.3, -0.25) is 0 Å². The van der Waals surface area contributed by atoms with Crippen molar-refractivity contribution in [1.82, 2.24) is 5.32 Å². The monoisotopic (exact) mass is 256 g/mol. The van der Waals surface area contributed by atoms with E-state index in [0.717, 1.165) is 5.56 Å².